The average molecular weight is 292 g/mol. The number of nitrogens with one attached hydrogen (secondary N) is 1. The second-order valence-electron chi connectivity index (χ2n) is 3.05. The van der Waals surface area contributed by atoms with E-state index in [0.717, 1.165) is 6.07 Å². The van der Waals surface area contributed by atoms with Crippen molar-refractivity contribution >= 4 is 21.7 Å². The molecule has 1 aromatic heterocycles. The van der Waals surface area contributed by atoms with Gasteiger partial charge >= 0.3 is 0 Å². The van der Waals surface area contributed by atoms with Crippen LogP contribution in [0.4, 0.5) is 19.0 Å². The zero-order chi connectivity index (χ0) is 11.9. The van der Waals surface area contributed by atoms with Crippen molar-refractivity contribution in [1.82, 2.24) is 10.2 Å². The van der Waals surface area contributed by atoms with Gasteiger partial charge in [0.25, 0.3) is 0 Å². The number of H-pyrrole nitrogens is 1. The zero-order valence-electron chi connectivity index (χ0n) is 7.69. The quantitative estimate of drug-likeness (QED) is 0.627. The van der Waals surface area contributed by atoms with Crippen molar-refractivity contribution in [3.05, 3.63) is 34.1 Å². The first-order valence-electron chi connectivity index (χ1n) is 4.15. The number of anilines is 1. The molecule has 0 spiro atoms. The molecule has 2 aromatic rings. The van der Waals surface area contributed by atoms with Crippen LogP contribution in [0.25, 0.3) is 11.3 Å². The Hall–Kier alpha value is -1.50. The van der Waals surface area contributed by atoms with Crippen LogP contribution in [0.5, 0.6) is 0 Å². The second kappa shape index (κ2) is 3.82. The molecule has 0 atom stereocenters. The highest BCUT2D eigenvalue weighted by atomic mass is 79.9. The number of hydrogen-bond acceptors (Lipinski definition) is 2. The first-order chi connectivity index (χ1) is 7.50. The number of hydrogen-bond donors (Lipinski definition) is 2. The van der Waals surface area contributed by atoms with Crippen molar-refractivity contribution in [1.29, 1.82) is 0 Å². The molecule has 0 saturated heterocycles. The lowest BCUT2D eigenvalue weighted by molar-refractivity contribution is 0.490. The van der Waals surface area contributed by atoms with Gasteiger partial charge in [0.05, 0.1) is 10.2 Å². The molecule has 0 aliphatic carbocycles. The fourth-order valence-electron chi connectivity index (χ4n) is 1.24. The summed E-state index contributed by atoms with van der Waals surface area (Å²) in [5, 5.41) is 5.92. The minimum atomic E-state index is -1.29. The molecule has 2 rings (SSSR count). The van der Waals surface area contributed by atoms with Gasteiger partial charge in [0.2, 0.25) is 0 Å². The third-order valence-corrected chi connectivity index (χ3v) is 2.72. The van der Waals surface area contributed by atoms with Gasteiger partial charge in [-0.15, -0.1) is 0 Å². The van der Waals surface area contributed by atoms with Crippen LogP contribution in [0.1, 0.15) is 0 Å². The number of aromatic amines is 1. The largest absolute Gasteiger partial charge is 0.382 e. The minimum Gasteiger partial charge on any atom is -0.382 e. The Kier molecular flexibility index (Phi) is 2.63. The van der Waals surface area contributed by atoms with Gasteiger partial charge in [0.15, 0.2) is 11.6 Å². The van der Waals surface area contributed by atoms with E-state index in [1.54, 1.807) is 0 Å². The number of nitrogens with two attached hydrogens (primary N) is 1. The summed E-state index contributed by atoms with van der Waals surface area (Å²) in [5.41, 5.74) is 5.16. The van der Waals surface area contributed by atoms with Gasteiger partial charge < -0.3 is 5.73 Å². The fourth-order valence-corrected chi connectivity index (χ4v) is 1.53. The van der Waals surface area contributed by atoms with Gasteiger partial charge in [-0.1, -0.05) is 0 Å². The van der Waals surface area contributed by atoms with E-state index >= 15 is 0 Å². The van der Waals surface area contributed by atoms with Crippen LogP contribution >= 0.6 is 15.9 Å². The summed E-state index contributed by atoms with van der Waals surface area (Å²) in [6, 6.07) is 2.14. The van der Waals surface area contributed by atoms with Gasteiger partial charge in [-0.25, -0.2) is 13.2 Å². The Labute approximate surface area is 96.6 Å². The molecule has 0 radical (unpaired) electrons. The fraction of sp³-hybridized carbons (Fsp3) is 0. The molecule has 3 N–H and O–H groups in total. The molecule has 3 nitrogen and oxygen atoms in total. The predicted molar refractivity (Wildman–Crippen MR) is 56.0 cm³/mol. The summed E-state index contributed by atoms with van der Waals surface area (Å²) in [6.45, 7) is 0. The molecule has 84 valence electrons. The van der Waals surface area contributed by atoms with Gasteiger partial charge in [-0.3, -0.25) is 5.10 Å². The lowest BCUT2D eigenvalue weighted by atomic mass is 10.1. The Morgan fingerprint density at radius 3 is 2.44 bits per heavy atom. The van der Waals surface area contributed by atoms with Crippen LogP contribution in [-0.4, -0.2) is 10.2 Å². The van der Waals surface area contributed by atoms with Crippen molar-refractivity contribution in [2.45, 2.75) is 0 Å². The second-order valence-corrected chi connectivity index (χ2v) is 3.85. The van der Waals surface area contributed by atoms with E-state index in [1.165, 1.54) is 6.07 Å². The third-order valence-electron chi connectivity index (χ3n) is 1.99. The lowest BCUT2D eigenvalue weighted by Crippen LogP contribution is -1.95. The van der Waals surface area contributed by atoms with E-state index in [1.807, 2.05) is 0 Å². The van der Waals surface area contributed by atoms with Crippen LogP contribution in [0.2, 0.25) is 0 Å². The monoisotopic (exact) mass is 291 g/mol. The Morgan fingerprint density at radius 1 is 1.19 bits per heavy atom. The van der Waals surface area contributed by atoms with E-state index < -0.39 is 21.9 Å². The molecule has 1 heterocycles. The van der Waals surface area contributed by atoms with Crippen molar-refractivity contribution in [2.24, 2.45) is 0 Å². The molecule has 0 fully saturated rings. The molecule has 1 aromatic carbocycles. The highest BCUT2D eigenvalue weighted by Gasteiger charge is 2.19. The third kappa shape index (κ3) is 1.67. The van der Waals surface area contributed by atoms with Crippen LogP contribution in [0, 0.1) is 17.5 Å². The molecule has 7 heteroatoms. The summed E-state index contributed by atoms with van der Waals surface area (Å²) in [4.78, 5) is 0. The van der Waals surface area contributed by atoms with Crippen LogP contribution in [0.3, 0.4) is 0 Å². The SMILES string of the molecule is Nc1cc(-c2cc(F)c(Br)c(F)c2F)[nH]n1. The molecule has 0 unspecified atom stereocenters. The maximum atomic E-state index is 13.5. The molecule has 0 bridgehead atoms. The maximum absolute atomic E-state index is 13.5. The molecule has 0 aliphatic rings. The molecule has 0 amide bonds. The number of aromatic nitrogens is 2. The van der Waals surface area contributed by atoms with Crippen molar-refractivity contribution in [2.75, 3.05) is 5.73 Å². The Morgan fingerprint density at radius 2 is 1.88 bits per heavy atom. The highest BCUT2D eigenvalue weighted by Crippen LogP contribution is 2.30. The first-order valence-corrected chi connectivity index (χ1v) is 4.94. The summed E-state index contributed by atoms with van der Waals surface area (Å²) < 4.78 is 39.3. The summed E-state index contributed by atoms with van der Waals surface area (Å²) in [6.07, 6.45) is 0. The van der Waals surface area contributed by atoms with E-state index in [0.29, 0.717) is 0 Å². The van der Waals surface area contributed by atoms with Gasteiger partial charge in [0.1, 0.15) is 11.6 Å². The van der Waals surface area contributed by atoms with Crippen LogP contribution in [0.15, 0.2) is 16.6 Å². The van der Waals surface area contributed by atoms with E-state index in [4.69, 9.17) is 5.73 Å². The maximum Gasteiger partial charge on any atom is 0.176 e. The number of nitrogens with zero attached hydrogens (tertiary/aromatic N) is 1. The summed E-state index contributed by atoms with van der Waals surface area (Å²) >= 11 is 2.60. The standard InChI is InChI=1S/C9H5BrF3N3/c10-7-4(11)1-3(8(12)9(7)13)5-2-6(14)16-15-5/h1-2H,(H3,14,15,16). The van der Waals surface area contributed by atoms with E-state index in [2.05, 4.69) is 26.1 Å². The van der Waals surface area contributed by atoms with E-state index in [-0.39, 0.29) is 17.1 Å². The van der Waals surface area contributed by atoms with Gasteiger partial charge in [-0.05, 0) is 22.0 Å². The highest BCUT2D eigenvalue weighted by molar-refractivity contribution is 9.10. The van der Waals surface area contributed by atoms with Crippen LogP contribution < -0.4 is 5.73 Å². The molecular formula is C9H5BrF3N3. The normalized spacial score (nSPS) is 10.8. The van der Waals surface area contributed by atoms with E-state index in [9.17, 15) is 13.2 Å². The molecule has 16 heavy (non-hydrogen) atoms. The Bertz CT molecular complexity index is 553. The number of rotatable bonds is 1. The van der Waals surface area contributed by atoms with Crippen molar-refractivity contribution in [3.63, 3.8) is 0 Å². The summed E-state index contributed by atoms with van der Waals surface area (Å²) in [5.74, 6) is -3.25. The zero-order valence-corrected chi connectivity index (χ0v) is 9.28. The average Bonchev–Trinajstić information content (AvgIpc) is 2.67. The molecular weight excluding hydrogens is 287 g/mol. The Balaban J connectivity index is 2.66. The molecule has 0 aliphatic heterocycles. The van der Waals surface area contributed by atoms with Crippen molar-refractivity contribution < 1.29 is 13.2 Å². The minimum absolute atomic E-state index is 0.109. The predicted octanol–water partition coefficient (Wildman–Crippen LogP) is 2.84. The van der Waals surface area contributed by atoms with Crippen LogP contribution in [-0.2, 0) is 0 Å². The topological polar surface area (TPSA) is 54.7 Å². The number of halogens is 4. The number of benzene rings is 1. The summed E-state index contributed by atoms with van der Waals surface area (Å²) in [7, 11) is 0. The molecule has 0 saturated carbocycles. The van der Waals surface area contributed by atoms with Crippen molar-refractivity contribution in [3.8, 4) is 11.3 Å². The lowest BCUT2D eigenvalue weighted by Gasteiger charge is -2.04. The first kappa shape index (κ1) is 11.0. The van der Waals surface area contributed by atoms with Gasteiger partial charge in [0, 0.05) is 11.6 Å². The smallest absolute Gasteiger partial charge is 0.176 e. The number of nitrogen functional groups attached to an aromatic ring is 1. The van der Waals surface area contributed by atoms with Gasteiger partial charge in [-0.2, -0.15) is 5.10 Å².